The minimum absolute atomic E-state index is 1.16. The molecule has 0 saturated carbocycles. The molecule has 0 bridgehead atoms. The predicted molar refractivity (Wildman–Crippen MR) is 67.3 cm³/mol. The SMILES string of the molecule is BrCCCCCCSc1ccsc1. The molecule has 13 heavy (non-hydrogen) atoms. The summed E-state index contributed by atoms with van der Waals surface area (Å²) in [5, 5.41) is 5.53. The molecule has 0 amide bonds. The highest BCUT2D eigenvalue weighted by Crippen LogP contribution is 2.22. The monoisotopic (exact) mass is 278 g/mol. The number of thioether (sulfide) groups is 1. The van der Waals surface area contributed by atoms with Gasteiger partial charge < -0.3 is 0 Å². The number of thiophene rings is 1. The maximum atomic E-state index is 3.45. The van der Waals surface area contributed by atoms with E-state index < -0.39 is 0 Å². The average molecular weight is 279 g/mol. The molecule has 0 aliphatic carbocycles. The van der Waals surface area contributed by atoms with Gasteiger partial charge in [0.25, 0.3) is 0 Å². The van der Waals surface area contributed by atoms with Crippen molar-refractivity contribution in [2.24, 2.45) is 0 Å². The lowest BCUT2D eigenvalue weighted by atomic mass is 10.2. The van der Waals surface area contributed by atoms with Gasteiger partial charge in [-0.1, -0.05) is 28.8 Å². The smallest absolute Gasteiger partial charge is 0.0179 e. The van der Waals surface area contributed by atoms with Gasteiger partial charge in [-0.05, 0) is 30.0 Å². The van der Waals surface area contributed by atoms with Crippen molar-refractivity contribution in [3.63, 3.8) is 0 Å². The average Bonchev–Trinajstić information content (AvgIpc) is 2.63. The fourth-order valence-electron chi connectivity index (χ4n) is 1.07. The van der Waals surface area contributed by atoms with Crippen molar-refractivity contribution in [3.8, 4) is 0 Å². The quantitative estimate of drug-likeness (QED) is 0.392. The fraction of sp³-hybridized carbons (Fsp3) is 0.600. The molecule has 74 valence electrons. The molecular weight excluding hydrogens is 264 g/mol. The number of halogens is 1. The lowest BCUT2D eigenvalue weighted by Gasteiger charge is -1.98. The Kier molecular flexibility index (Phi) is 7.04. The van der Waals surface area contributed by atoms with Crippen molar-refractivity contribution < 1.29 is 0 Å². The summed E-state index contributed by atoms with van der Waals surface area (Å²) in [7, 11) is 0. The minimum Gasteiger partial charge on any atom is -0.151 e. The third-order valence-electron chi connectivity index (χ3n) is 1.79. The van der Waals surface area contributed by atoms with Crippen LogP contribution in [0.2, 0.25) is 0 Å². The van der Waals surface area contributed by atoms with Crippen molar-refractivity contribution in [3.05, 3.63) is 16.8 Å². The topological polar surface area (TPSA) is 0 Å². The van der Waals surface area contributed by atoms with E-state index in [-0.39, 0.29) is 0 Å². The lowest BCUT2D eigenvalue weighted by Crippen LogP contribution is -1.81. The molecule has 1 aromatic rings. The van der Waals surface area contributed by atoms with Gasteiger partial charge in [0.05, 0.1) is 0 Å². The Morgan fingerprint density at radius 3 is 2.77 bits per heavy atom. The molecular formula is C10H15BrS2. The van der Waals surface area contributed by atoms with E-state index in [2.05, 4.69) is 32.8 Å². The van der Waals surface area contributed by atoms with Crippen LogP contribution in [0.5, 0.6) is 0 Å². The van der Waals surface area contributed by atoms with Crippen molar-refractivity contribution in [1.82, 2.24) is 0 Å². The number of alkyl halides is 1. The van der Waals surface area contributed by atoms with E-state index in [9.17, 15) is 0 Å². The van der Waals surface area contributed by atoms with Crippen molar-refractivity contribution >= 4 is 39.0 Å². The number of rotatable bonds is 7. The van der Waals surface area contributed by atoms with Crippen LogP contribution in [0.25, 0.3) is 0 Å². The zero-order valence-corrected chi connectivity index (χ0v) is 10.9. The summed E-state index contributed by atoms with van der Waals surface area (Å²) >= 11 is 7.21. The maximum absolute atomic E-state index is 3.45. The minimum atomic E-state index is 1.16. The number of hydrogen-bond acceptors (Lipinski definition) is 2. The molecule has 0 spiro atoms. The molecule has 0 atom stereocenters. The van der Waals surface area contributed by atoms with Crippen LogP contribution >= 0.6 is 39.0 Å². The molecule has 0 N–H and O–H groups in total. The highest BCUT2D eigenvalue weighted by Gasteiger charge is 1.93. The van der Waals surface area contributed by atoms with Gasteiger partial charge in [-0.2, -0.15) is 11.3 Å². The first-order valence-corrected chi connectivity index (χ1v) is 7.69. The third-order valence-corrected chi connectivity index (χ3v) is 4.27. The zero-order chi connectivity index (χ0) is 9.36. The van der Waals surface area contributed by atoms with Crippen LogP contribution in [-0.4, -0.2) is 11.1 Å². The van der Waals surface area contributed by atoms with E-state index in [1.807, 2.05) is 11.8 Å². The van der Waals surface area contributed by atoms with E-state index in [1.54, 1.807) is 11.3 Å². The van der Waals surface area contributed by atoms with Crippen molar-refractivity contribution in [1.29, 1.82) is 0 Å². The highest BCUT2D eigenvalue weighted by atomic mass is 79.9. The van der Waals surface area contributed by atoms with E-state index in [1.165, 1.54) is 36.3 Å². The van der Waals surface area contributed by atoms with Crippen LogP contribution in [0.3, 0.4) is 0 Å². The van der Waals surface area contributed by atoms with Gasteiger partial charge >= 0.3 is 0 Å². The summed E-state index contributed by atoms with van der Waals surface area (Å²) in [4.78, 5) is 1.44. The van der Waals surface area contributed by atoms with Gasteiger partial charge in [0, 0.05) is 15.6 Å². The summed E-state index contributed by atoms with van der Waals surface area (Å²) in [6.45, 7) is 0. The van der Waals surface area contributed by atoms with E-state index in [4.69, 9.17) is 0 Å². The second kappa shape index (κ2) is 7.89. The standard InChI is InChI=1S/C10H15BrS2/c11-6-3-1-2-4-7-13-10-5-8-12-9-10/h5,8-9H,1-4,6-7H2. The molecule has 0 nitrogen and oxygen atoms in total. The molecule has 1 aromatic heterocycles. The number of unbranched alkanes of at least 4 members (excludes halogenated alkanes) is 3. The Bertz CT molecular complexity index is 197. The van der Waals surface area contributed by atoms with Crippen LogP contribution in [0.4, 0.5) is 0 Å². The number of hydrogen-bond donors (Lipinski definition) is 0. The first kappa shape index (κ1) is 11.6. The first-order chi connectivity index (χ1) is 6.43. The van der Waals surface area contributed by atoms with Gasteiger partial charge in [0.1, 0.15) is 0 Å². The van der Waals surface area contributed by atoms with Gasteiger partial charge in [0.2, 0.25) is 0 Å². The molecule has 3 heteroatoms. The molecule has 1 heterocycles. The van der Waals surface area contributed by atoms with E-state index in [0.717, 1.165) is 5.33 Å². The summed E-state index contributed by atoms with van der Waals surface area (Å²) in [6.07, 6.45) is 5.43. The Morgan fingerprint density at radius 2 is 2.08 bits per heavy atom. The van der Waals surface area contributed by atoms with Crippen LogP contribution in [0.15, 0.2) is 21.7 Å². The second-order valence-corrected chi connectivity index (χ2v) is 5.65. The highest BCUT2D eigenvalue weighted by molar-refractivity contribution is 9.09. The van der Waals surface area contributed by atoms with Crippen LogP contribution in [0, 0.1) is 0 Å². The molecule has 0 saturated heterocycles. The summed E-state index contributed by atoms with van der Waals surface area (Å²) in [6, 6.07) is 2.20. The maximum Gasteiger partial charge on any atom is 0.0179 e. The molecule has 0 unspecified atom stereocenters. The van der Waals surface area contributed by atoms with Crippen LogP contribution in [0.1, 0.15) is 25.7 Å². The summed E-state index contributed by atoms with van der Waals surface area (Å²) in [5.74, 6) is 1.28. The first-order valence-electron chi connectivity index (χ1n) is 4.64. The van der Waals surface area contributed by atoms with Crippen LogP contribution in [-0.2, 0) is 0 Å². The van der Waals surface area contributed by atoms with Gasteiger partial charge in [-0.25, -0.2) is 0 Å². The Morgan fingerprint density at radius 1 is 1.23 bits per heavy atom. The molecule has 1 rings (SSSR count). The molecule has 0 radical (unpaired) electrons. The van der Waals surface area contributed by atoms with Crippen LogP contribution < -0.4 is 0 Å². The van der Waals surface area contributed by atoms with E-state index in [0.29, 0.717) is 0 Å². The molecule has 0 fully saturated rings. The lowest BCUT2D eigenvalue weighted by molar-refractivity contribution is 0.713. The molecule has 0 aliphatic rings. The molecule has 0 aromatic carbocycles. The predicted octanol–water partition coefficient (Wildman–Crippen LogP) is 4.80. The Labute approximate surface area is 97.3 Å². The van der Waals surface area contributed by atoms with Gasteiger partial charge in [-0.3, -0.25) is 0 Å². The largest absolute Gasteiger partial charge is 0.151 e. The normalized spacial score (nSPS) is 10.5. The molecule has 0 aliphatic heterocycles. The zero-order valence-electron chi connectivity index (χ0n) is 7.67. The fourth-order valence-corrected chi connectivity index (χ4v) is 3.26. The summed E-state index contributed by atoms with van der Waals surface area (Å²) < 4.78 is 0. The van der Waals surface area contributed by atoms with Gasteiger partial charge in [0.15, 0.2) is 0 Å². The third kappa shape index (κ3) is 5.76. The Balaban J connectivity index is 1.90. The summed E-state index contributed by atoms with van der Waals surface area (Å²) in [5.41, 5.74) is 0. The van der Waals surface area contributed by atoms with Crippen molar-refractivity contribution in [2.45, 2.75) is 30.6 Å². The van der Waals surface area contributed by atoms with Gasteiger partial charge in [-0.15, -0.1) is 11.8 Å². The second-order valence-electron chi connectivity index (χ2n) is 2.91. The van der Waals surface area contributed by atoms with Crippen molar-refractivity contribution in [2.75, 3.05) is 11.1 Å². The Hall–Kier alpha value is 0.530. The van der Waals surface area contributed by atoms with E-state index >= 15 is 0 Å².